The summed E-state index contributed by atoms with van der Waals surface area (Å²) >= 11 is 0. The molecule has 0 spiro atoms. The predicted molar refractivity (Wildman–Crippen MR) is 80.1 cm³/mol. The van der Waals surface area contributed by atoms with E-state index in [4.69, 9.17) is 0 Å². The van der Waals surface area contributed by atoms with E-state index in [1.807, 2.05) is 0 Å². The largest absolute Gasteiger partial charge is 0.306 e. The first-order chi connectivity index (χ1) is 9.60. The summed E-state index contributed by atoms with van der Waals surface area (Å²) in [7, 11) is 0. The van der Waals surface area contributed by atoms with E-state index in [1.54, 1.807) is 6.07 Å². The molecule has 0 bridgehead atoms. The summed E-state index contributed by atoms with van der Waals surface area (Å²) < 4.78 is 12.9. The fourth-order valence-corrected chi connectivity index (χ4v) is 2.87. The lowest BCUT2D eigenvalue weighted by molar-refractivity contribution is 0.155. The van der Waals surface area contributed by atoms with Crippen LogP contribution in [-0.4, -0.2) is 35.1 Å². The minimum atomic E-state index is -0.270. The van der Waals surface area contributed by atoms with E-state index in [2.05, 4.69) is 36.0 Å². The zero-order chi connectivity index (χ0) is 14.5. The summed E-state index contributed by atoms with van der Waals surface area (Å²) in [5.41, 5.74) is 0.945. The van der Waals surface area contributed by atoms with E-state index in [0.717, 1.165) is 25.2 Å². The van der Waals surface area contributed by atoms with Crippen molar-refractivity contribution in [3.63, 3.8) is 0 Å². The summed E-state index contributed by atoms with van der Waals surface area (Å²) in [6.07, 6.45) is 4.63. The molecule has 0 aromatic carbocycles. The molecule has 2 heterocycles. The van der Waals surface area contributed by atoms with Gasteiger partial charge in [-0.1, -0.05) is 6.92 Å². The predicted octanol–water partition coefficient (Wildman–Crippen LogP) is 3.13. The highest BCUT2D eigenvalue weighted by molar-refractivity contribution is 5.10. The minimum Gasteiger partial charge on any atom is -0.306 e. The first kappa shape index (κ1) is 15.4. The second-order valence-electron chi connectivity index (χ2n) is 5.93. The van der Waals surface area contributed by atoms with Crippen LogP contribution in [0.2, 0.25) is 0 Å². The lowest BCUT2D eigenvalue weighted by Crippen LogP contribution is -2.45. The third-order valence-corrected chi connectivity index (χ3v) is 4.21. The highest BCUT2D eigenvalue weighted by atomic mass is 19.1. The molecule has 0 aliphatic carbocycles. The molecule has 1 saturated heterocycles. The molecule has 1 N–H and O–H groups in total. The van der Waals surface area contributed by atoms with Gasteiger partial charge in [-0.2, -0.15) is 0 Å². The van der Waals surface area contributed by atoms with Gasteiger partial charge in [0.2, 0.25) is 0 Å². The van der Waals surface area contributed by atoms with Crippen LogP contribution >= 0.6 is 0 Å². The van der Waals surface area contributed by atoms with Crippen molar-refractivity contribution in [3.8, 4) is 0 Å². The fourth-order valence-electron chi connectivity index (χ4n) is 2.87. The summed E-state index contributed by atoms with van der Waals surface area (Å²) in [6.45, 7) is 8.97. The molecule has 1 aliphatic heterocycles. The first-order valence-corrected chi connectivity index (χ1v) is 7.71. The summed E-state index contributed by atoms with van der Waals surface area (Å²) in [5, 5.41) is 3.69. The average Bonchev–Trinajstić information content (AvgIpc) is 2.46. The molecule has 4 heteroatoms. The van der Waals surface area contributed by atoms with Gasteiger partial charge in [0.15, 0.2) is 0 Å². The van der Waals surface area contributed by atoms with Gasteiger partial charge in [0.1, 0.15) is 5.82 Å². The Bertz CT molecular complexity index is 397. The van der Waals surface area contributed by atoms with Crippen LogP contribution in [0.5, 0.6) is 0 Å². The Morgan fingerprint density at radius 2 is 2.05 bits per heavy atom. The fraction of sp³-hybridized carbons (Fsp3) is 0.688. The maximum absolute atomic E-state index is 12.9. The molecule has 1 aromatic heterocycles. The van der Waals surface area contributed by atoms with Crippen LogP contribution in [0.15, 0.2) is 18.3 Å². The van der Waals surface area contributed by atoms with Crippen LogP contribution in [0, 0.1) is 5.82 Å². The number of likely N-dealkylation sites (tertiary alicyclic amines) is 1. The Morgan fingerprint density at radius 3 is 2.55 bits per heavy atom. The van der Waals surface area contributed by atoms with Gasteiger partial charge in [0.05, 0.1) is 11.9 Å². The van der Waals surface area contributed by atoms with Crippen LogP contribution in [-0.2, 0) is 0 Å². The molecule has 112 valence electrons. The average molecular weight is 279 g/mol. The Hall–Kier alpha value is -1.00. The minimum absolute atomic E-state index is 0.228. The highest BCUT2D eigenvalue weighted by Crippen LogP contribution is 2.20. The molecule has 1 unspecified atom stereocenters. The van der Waals surface area contributed by atoms with Gasteiger partial charge in [-0.15, -0.1) is 0 Å². The highest BCUT2D eigenvalue weighted by Gasteiger charge is 2.23. The number of rotatable bonds is 5. The van der Waals surface area contributed by atoms with E-state index in [9.17, 15) is 4.39 Å². The van der Waals surface area contributed by atoms with Crippen molar-refractivity contribution < 1.29 is 4.39 Å². The van der Waals surface area contributed by atoms with Crippen molar-refractivity contribution >= 4 is 0 Å². The Morgan fingerprint density at radius 1 is 1.35 bits per heavy atom. The molecule has 1 aliphatic rings. The molecule has 1 atom stereocenters. The Kier molecular flexibility index (Phi) is 5.49. The van der Waals surface area contributed by atoms with Gasteiger partial charge in [0.25, 0.3) is 0 Å². The smallest absolute Gasteiger partial charge is 0.141 e. The summed E-state index contributed by atoms with van der Waals surface area (Å²) in [6, 6.07) is 4.69. The third kappa shape index (κ3) is 4.00. The second kappa shape index (κ2) is 7.14. The quantitative estimate of drug-likeness (QED) is 0.897. The van der Waals surface area contributed by atoms with E-state index >= 15 is 0 Å². The van der Waals surface area contributed by atoms with Crippen molar-refractivity contribution in [1.29, 1.82) is 0 Å². The maximum atomic E-state index is 12.9. The molecule has 0 amide bonds. The number of halogens is 1. The number of pyridine rings is 1. The van der Waals surface area contributed by atoms with E-state index in [1.165, 1.54) is 25.1 Å². The number of hydrogen-bond acceptors (Lipinski definition) is 3. The van der Waals surface area contributed by atoms with Crippen molar-refractivity contribution in [1.82, 2.24) is 15.2 Å². The van der Waals surface area contributed by atoms with Gasteiger partial charge in [-0.25, -0.2) is 4.39 Å². The number of aromatic nitrogens is 1. The normalized spacial score (nSPS) is 19.4. The molecular weight excluding hydrogens is 253 g/mol. The third-order valence-electron chi connectivity index (χ3n) is 4.21. The van der Waals surface area contributed by atoms with E-state index < -0.39 is 0 Å². The maximum Gasteiger partial charge on any atom is 0.141 e. The molecular formula is C16H26FN3. The van der Waals surface area contributed by atoms with E-state index in [-0.39, 0.29) is 11.9 Å². The van der Waals surface area contributed by atoms with Crippen molar-refractivity contribution in [3.05, 3.63) is 29.8 Å². The van der Waals surface area contributed by atoms with Crippen LogP contribution in [0.25, 0.3) is 0 Å². The van der Waals surface area contributed by atoms with Gasteiger partial charge in [-0.05, 0) is 58.3 Å². The molecule has 0 saturated carbocycles. The van der Waals surface area contributed by atoms with Crippen molar-refractivity contribution in [2.24, 2.45) is 0 Å². The topological polar surface area (TPSA) is 28.2 Å². The SMILES string of the molecule is CCC(NC1CCN(C(C)C)CC1)c1ccc(F)cn1. The van der Waals surface area contributed by atoms with Crippen LogP contribution in [0.4, 0.5) is 4.39 Å². The standard InChI is InChI=1S/C16H26FN3/c1-4-15(16-6-5-13(17)11-18-16)19-14-7-9-20(10-8-14)12(2)3/h5-6,11-12,14-15,19H,4,7-10H2,1-3H3. The number of hydrogen-bond donors (Lipinski definition) is 1. The zero-order valence-electron chi connectivity index (χ0n) is 12.8. The lowest BCUT2D eigenvalue weighted by Gasteiger charge is -2.36. The van der Waals surface area contributed by atoms with Crippen molar-refractivity contribution in [2.45, 2.75) is 58.2 Å². The number of nitrogens with zero attached hydrogens (tertiary/aromatic N) is 2. The van der Waals surface area contributed by atoms with Gasteiger partial charge >= 0.3 is 0 Å². The van der Waals surface area contributed by atoms with Gasteiger partial charge in [-0.3, -0.25) is 4.98 Å². The number of nitrogens with one attached hydrogen (secondary N) is 1. The Labute approximate surface area is 121 Å². The lowest BCUT2D eigenvalue weighted by atomic mass is 10.0. The zero-order valence-corrected chi connectivity index (χ0v) is 12.8. The summed E-state index contributed by atoms with van der Waals surface area (Å²) in [4.78, 5) is 6.73. The summed E-state index contributed by atoms with van der Waals surface area (Å²) in [5.74, 6) is -0.270. The second-order valence-corrected chi connectivity index (χ2v) is 5.93. The van der Waals surface area contributed by atoms with Crippen molar-refractivity contribution in [2.75, 3.05) is 13.1 Å². The van der Waals surface area contributed by atoms with E-state index in [0.29, 0.717) is 12.1 Å². The van der Waals surface area contributed by atoms with Crippen LogP contribution in [0.3, 0.4) is 0 Å². The van der Waals surface area contributed by atoms with Gasteiger partial charge in [0, 0.05) is 18.1 Å². The van der Waals surface area contributed by atoms with Crippen LogP contribution in [0.1, 0.15) is 51.8 Å². The van der Waals surface area contributed by atoms with Gasteiger partial charge < -0.3 is 10.2 Å². The molecule has 1 fully saturated rings. The molecule has 20 heavy (non-hydrogen) atoms. The number of piperidine rings is 1. The van der Waals surface area contributed by atoms with Crippen LogP contribution < -0.4 is 5.32 Å². The molecule has 2 rings (SSSR count). The molecule has 1 aromatic rings. The monoisotopic (exact) mass is 279 g/mol. The Balaban J connectivity index is 1.89. The first-order valence-electron chi connectivity index (χ1n) is 7.71. The molecule has 3 nitrogen and oxygen atoms in total. The molecule has 0 radical (unpaired) electrons.